The fourth-order valence-electron chi connectivity index (χ4n) is 1.77. The molecule has 0 atom stereocenters. The third-order valence-electron chi connectivity index (χ3n) is 2.91. The molecule has 0 bridgehead atoms. The standard InChI is InChI=1S/C14H21IN2O4S/c1-3-17(22(2,19)20)10-4-9-16-14(18)11-21-13-7-5-12(15)6-8-13/h5-8H,3-4,9-11H2,1-2H3,(H,16,18). The van der Waals surface area contributed by atoms with Crippen LogP contribution in [-0.2, 0) is 14.8 Å². The van der Waals surface area contributed by atoms with Crippen molar-refractivity contribution < 1.29 is 17.9 Å². The van der Waals surface area contributed by atoms with Gasteiger partial charge in [0.1, 0.15) is 5.75 Å². The van der Waals surface area contributed by atoms with Crippen LogP contribution in [-0.4, -0.2) is 51.1 Å². The van der Waals surface area contributed by atoms with E-state index in [2.05, 4.69) is 27.9 Å². The number of amides is 1. The number of rotatable bonds is 9. The summed E-state index contributed by atoms with van der Waals surface area (Å²) in [4.78, 5) is 11.6. The van der Waals surface area contributed by atoms with Gasteiger partial charge in [-0.2, -0.15) is 0 Å². The van der Waals surface area contributed by atoms with Crippen LogP contribution >= 0.6 is 22.6 Å². The molecular weight excluding hydrogens is 419 g/mol. The maximum absolute atomic E-state index is 11.6. The second-order valence-electron chi connectivity index (χ2n) is 4.70. The lowest BCUT2D eigenvalue weighted by Gasteiger charge is -2.17. The lowest BCUT2D eigenvalue weighted by molar-refractivity contribution is -0.123. The Morgan fingerprint density at radius 2 is 1.95 bits per heavy atom. The van der Waals surface area contributed by atoms with Gasteiger partial charge in [0.15, 0.2) is 6.61 Å². The van der Waals surface area contributed by atoms with E-state index < -0.39 is 10.0 Å². The van der Waals surface area contributed by atoms with Crippen molar-refractivity contribution in [2.45, 2.75) is 13.3 Å². The smallest absolute Gasteiger partial charge is 0.257 e. The summed E-state index contributed by atoms with van der Waals surface area (Å²) >= 11 is 2.19. The van der Waals surface area contributed by atoms with Gasteiger partial charge in [0.05, 0.1) is 6.26 Å². The van der Waals surface area contributed by atoms with Crippen LogP contribution in [0.4, 0.5) is 0 Å². The molecule has 0 spiro atoms. The van der Waals surface area contributed by atoms with Crippen LogP contribution in [0.2, 0.25) is 0 Å². The number of nitrogens with zero attached hydrogens (tertiary/aromatic N) is 1. The lowest BCUT2D eigenvalue weighted by atomic mass is 10.3. The zero-order chi connectivity index (χ0) is 16.6. The van der Waals surface area contributed by atoms with Gasteiger partial charge < -0.3 is 10.1 Å². The number of hydrogen-bond acceptors (Lipinski definition) is 4. The number of hydrogen-bond donors (Lipinski definition) is 1. The van der Waals surface area contributed by atoms with E-state index in [0.717, 1.165) is 3.57 Å². The quantitative estimate of drug-likeness (QED) is 0.466. The van der Waals surface area contributed by atoms with Crippen LogP contribution in [0.25, 0.3) is 0 Å². The molecule has 1 amide bonds. The van der Waals surface area contributed by atoms with E-state index in [9.17, 15) is 13.2 Å². The van der Waals surface area contributed by atoms with E-state index in [4.69, 9.17) is 4.74 Å². The predicted octanol–water partition coefficient (Wildman–Crippen LogP) is 1.46. The summed E-state index contributed by atoms with van der Waals surface area (Å²) in [6, 6.07) is 7.41. The van der Waals surface area contributed by atoms with Crippen LogP contribution in [0.3, 0.4) is 0 Å². The SMILES string of the molecule is CCN(CCCNC(=O)COc1ccc(I)cc1)S(C)(=O)=O. The number of nitrogens with one attached hydrogen (secondary N) is 1. The Morgan fingerprint density at radius 3 is 2.50 bits per heavy atom. The highest BCUT2D eigenvalue weighted by Gasteiger charge is 2.13. The third kappa shape index (κ3) is 7.41. The number of ether oxygens (including phenoxy) is 1. The highest BCUT2D eigenvalue weighted by Crippen LogP contribution is 2.13. The van der Waals surface area contributed by atoms with Crippen molar-refractivity contribution in [2.24, 2.45) is 0 Å². The summed E-state index contributed by atoms with van der Waals surface area (Å²) in [6.45, 7) is 2.98. The Labute approximate surface area is 145 Å². The van der Waals surface area contributed by atoms with Crippen molar-refractivity contribution in [1.29, 1.82) is 0 Å². The van der Waals surface area contributed by atoms with Crippen molar-refractivity contribution in [3.05, 3.63) is 27.8 Å². The van der Waals surface area contributed by atoms with Crippen molar-refractivity contribution in [3.8, 4) is 5.75 Å². The minimum Gasteiger partial charge on any atom is -0.484 e. The van der Waals surface area contributed by atoms with Crippen LogP contribution < -0.4 is 10.1 Å². The fraction of sp³-hybridized carbons (Fsp3) is 0.500. The van der Waals surface area contributed by atoms with E-state index >= 15 is 0 Å². The molecule has 1 aromatic rings. The van der Waals surface area contributed by atoms with E-state index in [-0.39, 0.29) is 12.5 Å². The predicted molar refractivity (Wildman–Crippen MR) is 94.4 cm³/mol. The van der Waals surface area contributed by atoms with Crippen molar-refractivity contribution >= 4 is 38.5 Å². The first kappa shape index (κ1) is 19.2. The van der Waals surface area contributed by atoms with Crippen LogP contribution in [0.5, 0.6) is 5.75 Å². The first-order valence-electron chi connectivity index (χ1n) is 6.93. The summed E-state index contributed by atoms with van der Waals surface area (Å²) < 4.78 is 30.6. The molecule has 0 aliphatic rings. The first-order valence-corrected chi connectivity index (χ1v) is 9.86. The van der Waals surface area contributed by atoms with Gasteiger partial charge >= 0.3 is 0 Å². The second kappa shape index (κ2) is 9.31. The molecule has 1 aromatic carbocycles. The van der Waals surface area contributed by atoms with Gasteiger partial charge in [0.25, 0.3) is 5.91 Å². The molecule has 124 valence electrons. The molecule has 0 aliphatic heterocycles. The molecule has 0 saturated carbocycles. The number of halogens is 1. The number of sulfonamides is 1. The normalized spacial score (nSPS) is 11.5. The zero-order valence-electron chi connectivity index (χ0n) is 12.7. The second-order valence-corrected chi connectivity index (χ2v) is 7.93. The highest BCUT2D eigenvalue weighted by molar-refractivity contribution is 14.1. The molecule has 0 radical (unpaired) electrons. The molecule has 1 rings (SSSR count). The van der Waals surface area contributed by atoms with E-state index in [1.165, 1.54) is 10.6 Å². The highest BCUT2D eigenvalue weighted by atomic mass is 127. The molecule has 0 heterocycles. The Hall–Kier alpha value is -0.870. The number of carbonyl (C=O) groups excluding carboxylic acids is 1. The Kier molecular flexibility index (Phi) is 8.12. The molecule has 8 heteroatoms. The average Bonchev–Trinajstić information content (AvgIpc) is 2.45. The van der Waals surface area contributed by atoms with E-state index in [1.54, 1.807) is 19.1 Å². The Balaban J connectivity index is 2.22. The lowest BCUT2D eigenvalue weighted by Crippen LogP contribution is -2.34. The van der Waals surface area contributed by atoms with Crippen LogP contribution in [0, 0.1) is 3.57 Å². The largest absolute Gasteiger partial charge is 0.484 e. The van der Waals surface area contributed by atoms with E-state index in [1.807, 2.05) is 12.1 Å². The molecule has 0 saturated heterocycles. The summed E-state index contributed by atoms with van der Waals surface area (Å²) in [5.41, 5.74) is 0. The number of benzene rings is 1. The Morgan fingerprint density at radius 1 is 1.32 bits per heavy atom. The van der Waals surface area contributed by atoms with Crippen molar-refractivity contribution in [1.82, 2.24) is 9.62 Å². The molecule has 0 aliphatic carbocycles. The molecular formula is C14H21IN2O4S. The van der Waals surface area contributed by atoms with Crippen LogP contribution in [0.15, 0.2) is 24.3 Å². The molecule has 22 heavy (non-hydrogen) atoms. The average molecular weight is 440 g/mol. The summed E-state index contributed by atoms with van der Waals surface area (Å²) in [7, 11) is -3.17. The van der Waals surface area contributed by atoms with Crippen molar-refractivity contribution in [2.75, 3.05) is 32.5 Å². The Bertz CT molecular complexity index is 575. The van der Waals surface area contributed by atoms with Gasteiger partial charge in [-0.05, 0) is 53.3 Å². The van der Waals surface area contributed by atoms with Gasteiger partial charge in [-0.1, -0.05) is 6.92 Å². The van der Waals surface area contributed by atoms with Gasteiger partial charge in [0.2, 0.25) is 10.0 Å². The minimum absolute atomic E-state index is 0.0514. The molecule has 0 unspecified atom stereocenters. The van der Waals surface area contributed by atoms with Crippen LogP contribution in [0.1, 0.15) is 13.3 Å². The third-order valence-corrected chi connectivity index (χ3v) is 5.01. The summed E-state index contributed by atoms with van der Waals surface area (Å²) in [5.74, 6) is 0.422. The maximum Gasteiger partial charge on any atom is 0.257 e. The molecule has 1 N–H and O–H groups in total. The fourth-order valence-corrected chi connectivity index (χ4v) is 3.06. The summed E-state index contributed by atoms with van der Waals surface area (Å²) in [5, 5.41) is 2.71. The van der Waals surface area contributed by atoms with E-state index in [0.29, 0.717) is 31.8 Å². The van der Waals surface area contributed by atoms with Gasteiger partial charge in [-0.15, -0.1) is 0 Å². The summed E-state index contributed by atoms with van der Waals surface area (Å²) in [6.07, 6.45) is 1.75. The topological polar surface area (TPSA) is 75.7 Å². The minimum atomic E-state index is -3.17. The molecule has 0 fully saturated rings. The zero-order valence-corrected chi connectivity index (χ0v) is 15.7. The first-order chi connectivity index (χ1) is 10.3. The molecule has 6 nitrogen and oxygen atoms in total. The molecule has 0 aromatic heterocycles. The number of carbonyl (C=O) groups is 1. The maximum atomic E-state index is 11.6. The van der Waals surface area contributed by atoms with Crippen molar-refractivity contribution in [3.63, 3.8) is 0 Å². The van der Waals surface area contributed by atoms with Gasteiger partial charge in [-0.3, -0.25) is 4.79 Å². The van der Waals surface area contributed by atoms with Gasteiger partial charge in [-0.25, -0.2) is 12.7 Å². The van der Waals surface area contributed by atoms with Gasteiger partial charge in [0, 0.05) is 23.2 Å². The monoisotopic (exact) mass is 440 g/mol.